The van der Waals surface area contributed by atoms with Crippen LogP contribution in [0.2, 0.25) is 0 Å². The van der Waals surface area contributed by atoms with Gasteiger partial charge < -0.3 is 5.32 Å². The summed E-state index contributed by atoms with van der Waals surface area (Å²) in [5.74, 6) is 0.00450. The molecule has 1 aliphatic heterocycles. The van der Waals surface area contributed by atoms with E-state index in [1.54, 1.807) is 17.5 Å². The highest BCUT2D eigenvalue weighted by Crippen LogP contribution is 2.29. The van der Waals surface area contributed by atoms with E-state index in [1.165, 1.54) is 16.9 Å². The highest BCUT2D eigenvalue weighted by Gasteiger charge is 2.25. The number of carbonyl (C=O) groups is 1. The summed E-state index contributed by atoms with van der Waals surface area (Å²) in [5.41, 5.74) is 1.35. The lowest BCUT2D eigenvalue weighted by molar-refractivity contribution is 0.0900. The van der Waals surface area contributed by atoms with Crippen molar-refractivity contribution < 1.29 is 4.79 Å². The Morgan fingerprint density at radius 1 is 1.19 bits per heavy atom. The van der Waals surface area contributed by atoms with Gasteiger partial charge in [-0.25, -0.2) is 4.98 Å². The molecule has 1 fully saturated rings. The minimum absolute atomic E-state index is 0.00450. The molecule has 0 bridgehead atoms. The third kappa shape index (κ3) is 4.29. The van der Waals surface area contributed by atoms with Crippen LogP contribution in [-0.2, 0) is 0 Å². The Bertz CT molecular complexity index is 868. The summed E-state index contributed by atoms with van der Waals surface area (Å²) in [5, 5.41) is 6.15. The van der Waals surface area contributed by atoms with Gasteiger partial charge in [-0.05, 0) is 36.8 Å². The molecule has 1 unspecified atom stereocenters. The Hall–Kier alpha value is -2.02. The smallest absolute Gasteiger partial charge is 0.263 e. The number of carbonyl (C=O) groups excluding carboxylic acids is 1. The maximum Gasteiger partial charge on any atom is 0.263 e. The Morgan fingerprint density at radius 2 is 1.96 bits per heavy atom. The van der Waals surface area contributed by atoms with E-state index in [2.05, 4.69) is 52.5 Å². The number of amides is 1. The molecule has 0 saturated carbocycles. The Labute approximate surface area is 167 Å². The van der Waals surface area contributed by atoms with Crippen molar-refractivity contribution in [3.05, 3.63) is 64.5 Å². The molecule has 1 saturated heterocycles. The summed E-state index contributed by atoms with van der Waals surface area (Å²) in [6, 6.07) is 15.3. The molecule has 4 nitrogen and oxygen atoms in total. The highest BCUT2D eigenvalue weighted by molar-refractivity contribution is 7.21. The quantitative estimate of drug-likeness (QED) is 0.671. The summed E-state index contributed by atoms with van der Waals surface area (Å²) in [4.78, 5) is 21.3. The van der Waals surface area contributed by atoms with Crippen LogP contribution in [0.25, 0.3) is 9.88 Å². The zero-order chi connectivity index (χ0) is 18.6. The van der Waals surface area contributed by atoms with Crippen molar-refractivity contribution in [1.29, 1.82) is 0 Å². The Balaban J connectivity index is 1.31. The largest absolute Gasteiger partial charge is 0.348 e. The van der Waals surface area contributed by atoms with E-state index in [0.29, 0.717) is 10.9 Å². The first kappa shape index (κ1) is 18.3. The van der Waals surface area contributed by atoms with Crippen molar-refractivity contribution in [2.75, 3.05) is 13.1 Å². The van der Waals surface area contributed by atoms with Gasteiger partial charge in [0.1, 0.15) is 9.88 Å². The number of piperidine rings is 1. The van der Waals surface area contributed by atoms with Gasteiger partial charge in [0.2, 0.25) is 0 Å². The van der Waals surface area contributed by atoms with E-state index >= 15 is 0 Å². The monoisotopic (exact) mass is 397 g/mol. The standard InChI is InChI=1S/C21H23N3OS2/c1-15(16-6-3-2-4-7-16)24-11-9-17(10-12-24)23-20(25)19-14-22-21(27-19)18-8-5-13-26-18/h2-8,13-15,17H,9-12H2,1H3,(H,23,25). The lowest BCUT2D eigenvalue weighted by Crippen LogP contribution is -2.45. The second kappa shape index (κ2) is 8.33. The van der Waals surface area contributed by atoms with Crippen molar-refractivity contribution in [1.82, 2.24) is 15.2 Å². The Morgan fingerprint density at radius 3 is 2.67 bits per heavy atom. The third-order valence-electron chi connectivity index (χ3n) is 5.16. The maximum absolute atomic E-state index is 12.6. The number of nitrogens with one attached hydrogen (secondary N) is 1. The van der Waals surface area contributed by atoms with Crippen LogP contribution >= 0.6 is 22.7 Å². The second-order valence-corrected chi connectivity index (χ2v) is 8.86. The summed E-state index contributed by atoms with van der Waals surface area (Å²) in [6.45, 7) is 4.27. The molecule has 1 atom stereocenters. The molecule has 3 aromatic rings. The van der Waals surface area contributed by atoms with Crippen LogP contribution in [0, 0.1) is 0 Å². The maximum atomic E-state index is 12.6. The normalized spacial score (nSPS) is 16.9. The molecule has 4 rings (SSSR count). The molecule has 27 heavy (non-hydrogen) atoms. The molecule has 0 spiro atoms. The summed E-state index contributed by atoms with van der Waals surface area (Å²) >= 11 is 3.12. The fraction of sp³-hybridized carbons (Fsp3) is 0.333. The first-order chi connectivity index (χ1) is 13.2. The number of likely N-dealkylation sites (tertiary alicyclic amines) is 1. The van der Waals surface area contributed by atoms with E-state index < -0.39 is 0 Å². The van der Waals surface area contributed by atoms with Gasteiger partial charge in [0.25, 0.3) is 5.91 Å². The minimum Gasteiger partial charge on any atom is -0.348 e. The van der Waals surface area contributed by atoms with Crippen LogP contribution in [0.4, 0.5) is 0 Å². The highest BCUT2D eigenvalue weighted by atomic mass is 32.1. The van der Waals surface area contributed by atoms with Gasteiger partial charge in [-0.3, -0.25) is 9.69 Å². The van der Waals surface area contributed by atoms with E-state index in [9.17, 15) is 4.79 Å². The average molecular weight is 398 g/mol. The van der Waals surface area contributed by atoms with Gasteiger partial charge in [0.15, 0.2) is 0 Å². The van der Waals surface area contributed by atoms with Gasteiger partial charge in [0, 0.05) is 25.2 Å². The molecule has 2 aromatic heterocycles. The van der Waals surface area contributed by atoms with Gasteiger partial charge >= 0.3 is 0 Å². The van der Waals surface area contributed by atoms with E-state index in [4.69, 9.17) is 0 Å². The van der Waals surface area contributed by atoms with Crippen molar-refractivity contribution in [2.45, 2.75) is 31.8 Å². The fourth-order valence-corrected chi connectivity index (χ4v) is 5.15. The first-order valence-electron chi connectivity index (χ1n) is 9.30. The Kier molecular flexibility index (Phi) is 5.66. The summed E-state index contributed by atoms with van der Waals surface area (Å²) in [7, 11) is 0. The van der Waals surface area contributed by atoms with Crippen molar-refractivity contribution in [3.8, 4) is 9.88 Å². The number of nitrogens with zero attached hydrogens (tertiary/aromatic N) is 2. The van der Waals surface area contributed by atoms with E-state index in [1.807, 2.05) is 17.5 Å². The third-order valence-corrected chi connectivity index (χ3v) is 7.19. The average Bonchev–Trinajstić information content (AvgIpc) is 3.40. The van der Waals surface area contributed by atoms with Crippen LogP contribution < -0.4 is 5.32 Å². The van der Waals surface area contributed by atoms with Crippen LogP contribution in [0.1, 0.15) is 41.0 Å². The van der Waals surface area contributed by atoms with Crippen LogP contribution in [0.15, 0.2) is 54.0 Å². The number of thiazole rings is 1. The van der Waals surface area contributed by atoms with Crippen molar-refractivity contribution >= 4 is 28.6 Å². The number of benzene rings is 1. The SMILES string of the molecule is CC(c1ccccc1)N1CCC(NC(=O)c2cnc(-c3cccs3)s2)CC1. The summed E-state index contributed by atoms with van der Waals surface area (Å²) in [6.07, 6.45) is 3.67. The van der Waals surface area contributed by atoms with E-state index in [-0.39, 0.29) is 11.9 Å². The molecule has 0 radical (unpaired) electrons. The second-order valence-electron chi connectivity index (χ2n) is 6.88. The fourth-order valence-electron chi connectivity index (χ4n) is 3.52. The molecular weight excluding hydrogens is 374 g/mol. The number of rotatable bonds is 5. The lowest BCUT2D eigenvalue weighted by Gasteiger charge is -2.36. The van der Waals surface area contributed by atoms with Crippen LogP contribution in [0.3, 0.4) is 0 Å². The van der Waals surface area contributed by atoms with Gasteiger partial charge in [0.05, 0.1) is 11.1 Å². The zero-order valence-corrected chi connectivity index (χ0v) is 16.9. The number of hydrogen-bond acceptors (Lipinski definition) is 5. The van der Waals surface area contributed by atoms with Crippen molar-refractivity contribution in [3.63, 3.8) is 0 Å². The first-order valence-corrected chi connectivity index (χ1v) is 11.0. The molecule has 1 aromatic carbocycles. The topological polar surface area (TPSA) is 45.2 Å². The molecule has 0 aliphatic carbocycles. The minimum atomic E-state index is 0.00450. The molecule has 1 aliphatic rings. The zero-order valence-electron chi connectivity index (χ0n) is 15.3. The molecular formula is C21H23N3OS2. The number of aromatic nitrogens is 1. The number of hydrogen-bond donors (Lipinski definition) is 1. The molecule has 6 heteroatoms. The lowest BCUT2D eigenvalue weighted by atomic mass is 10.00. The van der Waals surface area contributed by atoms with Gasteiger partial charge in [-0.2, -0.15) is 0 Å². The van der Waals surface area contributed by atoms with Crippen LogP contribution in [-0.4, -0.2) is 34.9 Å². The predicted octanol–water partition coefficient (Wildman–Crippen LogP) is 4.83. The van der Waals surface area contributed by atoms with Crippen LogP contribution in [0.5, 0.6) is 0 Å². The summed E-state index contributed by atoms with van der Waals surface area (Å²) < 4.78 is 0. The van der Waals surface area contributed by atoms with Gasteiger partial charge in [-0.1, -0.05) is 36.4 Å². The van der Waals surface area contributed by atoms with Gasteiger partial charge in [-0.15, -0.1) is 22.7 Å². The van der Waals surface area contributed by atoms with Crippen molar-refractivity contribution in [2.24, 2.45) is 0 Å². The predicted molar refractivity (Wildman–Crippen MR) is 112 cm³/mol. The molecule has 140 valence electrons. The molecule has 1 amide bonds. The van der Waals surface area contributed by atoms with E-state index in [0.717, 1.165) is 35.8 Å². The molecule has 3 heterocycles. The molecule has 1 N–H and O–H groups in total. The number of thiophene rings is 1.